The highest BCUT2D eigenvalue weighted by molar-refractivity contribution is 6.30. The van der Waals surface area contributed by atoms with E-state index in [9.17, 15) is 9.59 Å². The summed E-state index contributed by atoms with van der Waals surface area (Å²) < 4.78 is 6.16. The Hall–Kier alpha value is -2.34. The van der Waals surface area contributed by atoms with Gasteiger partial charge in [0, 0.05) is 11.6 Å². The molecular weight excluding hydrogens is 306 g/mol. The minimum Gasteiger partial charge on any atom is -0.469 e. The van der Waals surface area contributed by atoms with Crippen LogP contribution in [0.3, 0.4) is 0 Å². The summed E-state index contributed by atoms with van der Waals surface area (Å²) in [6.45, 7) is 2.01. The Morgan fingerprint density at radius 1 is 1.41 bits per heavy atom. The molecule has 1 N–H and O–H groups in total. The Bertz CT molecular complexity index is 697. The van der Waals surface area contributed by atoms with Crippen LogP contribution < -0.4 is 5.32 Å². The van der Waals surface area contributed by atoms with Gasteiger partial charge in [0.15, 0.2) is 0 Å². The Kier molecular flexibility index (Phi) is 5.16. The Balaban J connectivity index is 2.10. The lowest BCUT2D eigenvalue weighted by Crippen LogP contribution is -2.26. The number of nitrogens with zero attached hydrogens (tertiary/aromatic N) is 2. The average Bonchev–Trinajstić information content (AvgIpc) is 2.88. The van der Waals surface area contributed by atoms with E-state index in [4.69, 9.17) is 11.6 Å². The van der Waals surface area contributed by atoms with E-state index in [1.165, 1.54) is 13.3 Å². The summed E-state index contributed by atoms with van der Waals surface area (Å²) in [5.74, 6) is -0.652. The van der Waals surface area contributed by atoms with Crippen LogP contribution in [-0.2, 0) is 9.53 Å². The number of rotatable bonds is 5. The third kappa shape index (κ3) is 3.65. The van der Waals surface area contributed by atoms with Gasteiger partial charge in [-0.15, -0.1) is 0 Å². The molecule has 1 aromatic carbocycles. The van der Waals surface area contributed by atoms with Crippen molar-refractivity contribution in [2.24, 2.45) is 0 Å². The molecule has 22 heavy (non-hydrogen) atoms. The molecule has 1 heterocycles. The third-order valence-electron chi connectivity index (χ3n) is 3.15. The van der Waals surface area contributed by atoms with Crippen molar-refractivity contribution in [3.05, 3.63) is 46.7 Å². The molecule has 0 spiro atoms. The second-order valence-electron chi connectivity index (χ2n) is 4.62. The highest BCUT2D eigenvalue weighted by Gasteiger charge is 2.15. The fraction of sp³-hybridized carbons (Fsp3) is 0.267. The summed E-state index contributed by atoms with van der Waals surface area (Å²) >= 11 is 5.96. The first kappa shape index (κ1) is 16.0. The molecule has 0 unspecified atom stereocenters. The van der Waals surface area contributed by atoms with Gasteiger partial charge in [0.1, 0.15) is 0 Å². The monoisotopic (exact) mass is 321 g/mol. The van der Waals surface area contributed by atoms with E-state index < -0.39 is 0 Å². The van der Waals surface area contributed by atoms with Crippen molar-refractivity contribution < 1.29 is 14.3 Å². The first-order valence-electron chi connectivity index (χ1n) is 6.68. The molecule has 7 heteroatoms. The van der Waals surface area contributed by atoms with E-state index >= 15 is 0 Å². The van der Waals surface area contributed by atoms with Crippen molar-refractivity contribution >= 4 is 23.5 Å². The lowest BCUT2D eigenvalue weighted by Gasteiger charge is -2.06. The summed E-state index contributed by atoms with van der Waals surface area (Å²) in [5.41, 5.74) is 1.92. The Labute approximate surface area is 133 Å². The largest absolute Gasteiger partial charge is 0.469 e. The molecule has 0 saturated carbocycles. The number of amides is 1. The van der Waals surface area contributed by atoms with Crippen molar-refractivity contribution in [3.63, 3.8) is 0 Å². The molecule has 0 aliphatic rings. The van der Waals surface area contributed by atoms with Gasteiger partial charge in [-0.05, 0) is 25.1 Å². The van der Waals surface area contributed by atoms with Crippen LogP contribution >= 0.6 is 11.6 Å². The summed E-state index contributed by atoms with van der Waals surface area (Å²) in [7, 11) is 1.31. The number of halogens is 1. The lowest BCUT2D eigenvalue weighted by atomic mass is 10.2. The van der Waals surface area contributed by atoms with Crippen LogP contribution in [-0.4, -0.2) is 35.3 Å². The van der Waals surface area contributed by atoms with Crippen LogP contribution in [0.1, 0.15) is 22.5 Å². The minimum absolute atomic E-state index is 0.129. The second-order valence-corrected chi connectivity index (χ2v) is 5.05. The standard InChI is InChI=1S/C15H16ClN3O3/c1-10-13(15(21)17-7-6-14(20)22-2)9-18-19(10)12-5-3-4-11(16)8-12/h3-5,8-9H,6-7H2,1-2H3,(H,17,21). The Morgan fingerprint density at radius 3 is 2.86 bits per heavy atom. The summed E-state index contributed by atoms with van der Waals surface area (Å²) in [4.78, 5) is 23.1. The molecule has 0 bridgehead atoms. The number of methoxy groups -OCH3 is 1. The maximum absolute atomic E-state index is 12.1. The fourth-order valence-electron chi connectivity index (χ4n) is 1.98. The van der Waals surface area contributed by atoms with Crippen LogP contribution in [0.25, 0.3) is 5.69 Å². The lowest BCUT2D eigenvalue weighted by molar-refractivity contribution is -0.140. The summed E-state index contributed by atoms with van der Waals surface area (Å²) in [6.07, 6.45) is 1.62. The molecule has 0 aliphatic heterocycles. The molecule has 0 fully saturated rings. The van der Waals surface area contributed by atoms with Crippen molar-refractivity contribution in [1.82, 2.24) is 15.1 Å². The predicted octanol–water partition coefficient (Wildman–Crippen LogP) is 2.13. The van der Waals surface area contributed by atoms with Crippen molar-refractivity contribution in [2.45, 2.75) is 13.3 Å². The fourth-order valence-corrected chi connectivity index (χ4v) is 2.16. The quantitative estimate of drug-likeness (QED) is 0.856. The minimum atomic E-state index is -0.369. The molecule has 0 atom stereocenters. The van der Waals surface area contributed by atoms with Crippen LogP contribution in [0, 0.1) is 6.92 Å². The van der Waals surface area contributed by atoms with Gasteiger partial charge in [-0.1, -0.05) is 17.7 Å². The predicted molar refractivity (Wildman–Crippen MR) is 82.3 cm³/mol. The Morgan fingerprint density at radius 2 is 2.18 bits per heavy atom. The summed E-state index contributed by atoms with van der Waals surface area (Å²) in [5, 5.41) is 7.47. The third-order valence-corrected chi connectivity index (χ3v) is 3.38. The molecule has 0 aliphatic carbocycles. The number of carbonyl (C=O) groups is 2. The maximum Gasteiger partial charge on any atom is 0.307 e. The van der Waals surface area contributed by atoms with Gasteiger partial charge in [-0.3, -0.25) is 9.59 Å². The van der Waals surface area contributed by atoms with E-state index in [0.717, 1.165) is 5.69 Å². The van der Waals surface area contributed by atoms with Gasteiger partial charge < -0.3 is 10.1 Å². The van der Waals surface area contributed by atoms with Crippen LogP contribution in [0.15, 0.2) is 30.5 Å². The van der Waals surface area contributed by atoms with Crippen LogP contribution in [0.5, 0.6) is 0 Å². The van der Waals surface area contributed by atoms with Crippen LogP contribution in [0.4, 0.5) is 0 Å². The van der Waals surface area contributed by atoms with Gasteiger partial charge >= 0.3 is 5.97 Å². The first-order valence-corrected chi connectivity index (χ1v) is 7.06. The highest BCUT2D eigenvalue weighted by Crippen LogP contribution is 2.17. The van der Waals surface area contributed by atoms with Crippen molar-refractivity contribution in [1.29, 1.82) is 0 Å². The van der Waals surface area contributed by atoms with E-state index in [1.54, 1.807) is 23.7 Å². The number of hydrogen-bond acceptors (Lipinski definition) is 4. The molecule has 6 nitrogen and oxygen atoms in total. The van der Waals surface area contributed by atoms with E-state index in [2.05, 4.69) is 15.2 Å². The molecule has 2 aromatic rings. The second kappa shape index (κ2) is 7.09. The zero-order chi connectivity index (χ0) is 16.1. The normalized spacial score (nSPS) is 10.3. The topological polar surface area (TPSA) is 73.2 Å². The zero-order valence-electron chi connectivity index (χ0n) is 12.3. The van der Waals surface area contributed by atoms with Gasteiger partial charge in [0.25, 0.3) is 5.91 Å². The molecular formula is C15H16ClN3O3. The SMILES string of the molecule is COC(=O)CCNC(=O)c1cnn(-c2cccc(Cl)c2)c1C. The highest BCUT2D eigenvalue weighted by atomic mass is 35.5. The van der Waals surface area contributed by atoms with Crippen molar-refractivity contribution in [2.75, 3.05) is 13.7 Å². The number of carbonyl (C=O) groups excluding carboxylic acids is 2. The average molecular weight is 322 g/mol. The van der Waals surface area contributed by atoms with Crippen LogP contribution in [0.2, 0.25) is 5.02 Å². The van der Waals surface area contributed by atoms with Crippen molar-refractivity contribution in [3.8, 4) is 5.69 Å². The van der Waals surface area contributed by atoms with Gasteiger partial charge in [-0.2, -0.15) is 5.10 Å². The molecule has 1 aromatic heterocycles. The maximum atomic E-state index is 12.1. The van der Waals surface area contributed by atoms with Gasteiger partial charge in [0.2, 0.25) is 0 Å². The number of aromatic nitrogens is 2. The number of ether oxygens (including phenoxy) is 1. The molecule has 0 radical (unpaired) electrons. The smallest absolute Gasteiger partial charge is 0.307 e. The molecule has 116 valence electrons. The number of benzene rings is 1. The molecule has 0 saturated heterocycles. The van der Waals surface area contributed by atoms with E-state index in [-0.39, 0.29) is 24.8 Å². The first-order chi connectivity index (χ1) is 10.5. The number of nitrogens with one attached hydrogen (secondary N) is 1. The number of hydrogen-bond donors (Lipinski definition) is 1. The van der Waals surface area contributed by atoms with Gasteiger partial charge in [0.05, 0.1) is 36.7 Å². The summed E-state index contributed by atoms with van der Waals surface area (Å²) in [6, 6.07) is 7.20. The molecule has 1 amide bonds. The zero-order valence-corrected chi connectivity index (χ0v) is 13.1. The number of esters is 1. The van der Waals surface area contributed by atoms with Gasteiger partial charge in [-0.25, -0.2) is 4.68 Å². The van der Waals surface area contributed by atoms with E-state index in [1.807, 2.05) is 12.1 Å². The molecule has 2 rings (SSSR count). The van der Waals surface area contributed by atoms with E-state index in [0.29, 0.717) is 16.3 Å².